The highest BCUT2D eigenvalue weighted by atomic mass is 32.2. The molecule has 0 aliphatic carbocycles. The second-order valence-electron chi connectivity index (χ2n) is 8.12. The quantitative estimate of drug-likeness (QED) is 0.342. The van der Waals surface area contributed by atoms with Gasteiger partial charge in [0.2, 0.25) is 20.0 Å². The molecule has 0 fully saturated rings. The SMILES string of the molecule is COc1ccc(S(=O)(=O)N(CC#N)Cc2ccccc2CN(CC#N)S(=O)(=O)c2ccc(C)cc2)cc1. The Bertz CT molecular complexity index is 1520. The molecule has 0 unspecified atom stereocenters. The second kappa shape index (κ2) is 12.0. The molecule has 192 valence electrons. The monoisotopic (exact) mass is 538 g/mol. The van der Waals surface area contributed by atoms with Gasteiger partial charge in [-0.2, -0.15) is 19.1 Å². The lowest BCUT2D eigenvalue weighted by Crippen LogP contribution is -2.33. The largest absolute Gasteiger partial charge is 0.497 e. The van der Waals surface area contributed by atoms with Crippen LogP contribution in [0.2, 0.25) is 0 Å². The van der Waals surface area contributed by atoms with Crippen LogP contribution in [-0.2, 0) is 33.1 Å². The molecule has 0 aromatic heterocycles. The summed E-state index contributed by atoms with van der Waals surface area (Å²) in [6.07, 6.45) is 0. The van der Waals surface area contributed by atoms with Crippen molar-refractivity contribution in [3.05, 3.63) is 89.5 Å². The van der Waals surface area contributed by atoms with Gasteiger partial charge in [-0.1, -0.05) is 42.0 Å². The number of hydrogen-bond donors (Lipinski definition) is 0. The first-order chi connectivity index (χ1) is 17.6. The molecule has 3 aromatic carbocycles. The van der Waals surface area contributed by atoms with E-state index >= 15 is 0 Å². The number of nitrogens with zero attached hydrogens (tertiary/aromatic N) is 4. The molecule has 9 nitrogen and oxygen atoms in total. The lowest BCUT2D eigenvalue weighted by molar-refractivity contribution is 0.413. The summed E-state index contributed by atoms with van der Waals surface area (Å²) in [5.41, 5.74) is 1.92. The van der Waals surface area contributed by atoms with E-state index in [1.54, 1.807) is 36.4 Å². The Morgan fingerprint density at radius 3 is 1.49 bits per heavy atom. The van der Waals surface area contributed by atoms with Crippen molar-refractivity contribution in [3.63, 3.8) is 0 Å². The summed E-state index contributed by atoms with van der Waals surface area (Å²) >= 11 is 0. The van der Waals surface area contributed by atoms with Crippen molar-refractivity contribution in [1.82, 2.24) is 8.61 Å². The van der Waals surface area contributed by atoms with Crippen molar-refractivity contribution in [2.75, 3.05) is 20.2 Å². The Morgan fingerprint density at radius 2 is 1.11 bits per heavy atom. The van der Waals surface area contributed by atoms with Gasteiger partial charge >= 0.3 is 0 Å². The van der Waals surface area contributed by atoms with Gasteiger partial charge in [-0.25, -0.2) is 16.8 Å². The van der Waals surface area contributed by atoms with Crippen LogP contribution in [0.15, 0.2) is 82.6 Å². The maximum atomic E-state index is 13.3. The van der Waals surface area contributed by atoms with E-state index in [0.29, 0.717) is 16.9 Å². The van der Waals surface area contributed by atoms with Gasteiger partial charge in [0.05, 0.1) is 29.0 Å². The average molecular weight is 539 g/mol. The summed E-state index contributed by atoms with van der Waals surface area (Å²) in [7, 11) is -6.57. The topological polar surface area (TPSA) is 132 Å². The van der Waals surface area contributed by atoms with E-state index in [1.807, 2.05) is 19.1 Å². The lowest BCUT2D eigenvalue weighted by Gasteiger charge is -2.24. The molecule has 0 N–H and O–H groups in total. The van der Waals surface area contributed by atoms with E-state index in [0.717, 1.165) is 14.2 Å². The van der Waals surface area contributed by atoms with Crippen LogP contribution in [0.25, 0.3) is 0 Å². The summed E-state index contributed by atoms with van der Waals surface area (Å²) < 4.78 is 60.4. The summed E-state index contributed by atoms with van der Waals surface area (Å²) in [4.78, 5) is 0.0492. The van der Waals surface area contributed by atoms with Gasteiger partial charge < -0.3 is 4.74 Å². The number of rotatable bonds is 11. The van der Waals surface area contributed by atoms with Crippen molar-refractivity contribution >= 4 is 20.0 Å². The van der Waals surface area contributed by atoms with E-state index in [4.69, 9.17) is 4.74 Å². The summed E-state index contributed by atoms with van der Waals surface area (Å²) in [5.74, 6) is 0.489. The Hall–Kier alpha value is -3.74. The van der Waals surface area contributed by atoms with Crippen LogP contribution in [0.1, 0.15) is 16.7 Å². The number of aryl methyl sites for hydroxylation is 1. The van der Waals surface area contributed by atoms with Gasteiger partial charge in [0.1, 0.15) is 18.8 Å². The molecule has 0 aliphatic heterocycles. The predicted molar refractivity (Wildman–Crippen MR) is 137 cm³/mol. The fraction of sp³-hybridized carbons (Fsp3) is 0.231. The molecule has 0 atom stereocenters. The maximum absolute atomic E-state index is 13.3. The average Bonchev–Trinajstić information content (AvgIpc) is 2.89. The van der Waals surface area contributed by atoms with Gasteiger partial charge in [-0.05, 0) is 54.4 Å². The highest BCUT2D eigenvalue weighted by Gasteiger charge is 2.28. The molecule has 0 saturated carbocycles. The Kier molecular flexibility index (Phi) is 9.03. The number of hydrogen-bond acceptors (Lipinski definition) is 7. The van der Waals surface area contributed by atoms with Crippen molar-refractivity contribution in [2.24, 2.45) is 0 Å². The lowest BCUT2D eigenvalue weighted by atomic mass is 10.1. The molecular weight excluding hydrogens is 512 g/mol. The molecule has 0 heterocycles. The van der Waals surface area contributed by atoms with Crippen molar-refractivity contribution < 1.29 is 21.6 Å². The van der Waals surface area contributed by atoms with E-state index < -0.39 is 33.1 Å². The van der Waals surface area contributed by atoms with Gasteiger partial charge in [-0.15, -0.1) is 0 Å². The molecular formula is C26H26N4O5S2. The van der Waals surface area contributed by atoms with E-state index in [2.05, 4.69) is 0 Å². The highest BCUT2D eigenvalue weighted by Crippen LogP contribution is 2.24. The molecule has 11 heteroatoms. The molecule has 0 bridgehead atoms. The van der Waals surface area contributed by atoms with E-state index in [-0.39, 0.29) is 22.9 Å². The third-order valence-corrected chi connectivity index (χ3v) is 9.27. The minimum Gasteiger partial charge on any atom is -0.497 e. The fourth-order valence-electron chi connectivity index (χ4n) is 3.61. The number of benzene rings is 3. The third-order valence-electron chi connectivity index (χ3n) is 5.66. The maximum Gasteiger partial charge on any atom is 0.244 e. The smallest absolute Gasteiger partial charge is 0.244 e. The molecule has 37 heavy (non-hydrogen) atoms. The van der Waals surface area contributed by atoms with E-state index in [9.17, 15) is 27.4 Å². The summed E-state index contributed by atoms with van der Waals surface area (Å²) in [6, 6.07) is 22.7. The van der Waals surface area contributed by atoms with Crippen LogP contribution in [0.4, 0.5) is 0 Å². The molecule has 0 aliphatic rings. The van der Waals surface area contributed by atoms with Crippen LogP contribution < -0.4 is 4.74 Å². The molecule has 0 spiro atoms. The molecule has 0 radical (unpaired) electrons. The van der Waals surface area contributed by atoms with Crippen LogP contribution in [0, 0.1) is 29.6 Å². The molecule has 3 aromatic rings. The Morgan fingerprint density at radius 1 is 0.703 bits per heavy atom. The minimum atomic E-state index is -4.05. The number of sulfonamides is 2. The first kappa shape index (κ1) is 27.8. The van der Waals surface area contributed by atoms with Gasteiger partial charge in [-0.3, -0.25) is 0 Å². The highest BCUT2D eigenvalue weighted by molar-refractivity contribution is 7.89. The number of ether oxygens (including phenoxy) is 1. The molecule has 3 rings (SSSR count). The zero-order chi connectivity index (χ0) is 27.1. The van der Waals surface area contributed by atoms with Crippen LogP contribution >= 0.6 is 0 Å². The fourth-order valence-corrected chi connectivity index (χ4v) is 6.24. The standard InChI is InChI=1S/C26H26N4O5S2/c1-21-7-11-25(12-8-21)36(31,32)29(17-15-27)19-22-5-3-4-6-23(22)20-30(18-16-28)37(33,34)26-13-9-24(35-2)10-14-26/h3-14H,17-20H2,1-2H3. The second-order valence-corrected chi connectivity index (χ2v) is 12.0. The Balaban J connectivity index is 1.95. The molecule has 0 saturated heterocycles. The van der Waals surface area contributed by atoms with Crippen LogP contribution in [0.5, 0.6) is 5.75 Å². The normalized spacial score (nSPS) is 11.7. The van der Waals surface area contributed by atoms with Gasteiger partial charge in [0.15, 0.2) is 0 Å². The number of nitriles is 2. The van der Waals surface area contributed by atoms with Gasteiger partial charge in [0.25, 0.3) is 0 Å². The zero-order valence-electron chi connectivity index (χ0n) is 20.4. The first-order valence-electron chi connectivity index (χ1n) is 11.1. The summed E-state index contributed by atoms with van der Waals surface area (Å²) in [5, 5.41) is 18.7. The number of methoxy groups -OCH3 is 1. The van der Waals surface area contributed by atoms with Crippen molar-refractivity contribution in [1.29, 1.82) is 10.5 Å². The summed E-state index contributed by atoms with van der Waals surface area (Å²) in [6.45, 7) is 0.724. The van der Waals surface area contributed by atoms with Gasteiger partial charge in [0, 0.05) is 13.1 Å². The third kappa shape index (κ3) is 6.53. The first-order valence-corrected chi connectivity index (χ1v) is 14.0. The zero-order valence-corrected chi connectivity index (χ0v) is 22.0. The van der Waals surface area contributed by atoms with E-state index in [1.165, 1.54) is 43.5 Å². The predicted octanol–water partition coefficient (Wildman–Crippen LogP) is 3.43. The Labute approximate surface area is 217 Å². The minimum absolute atomic E-state index is 0.00548. The molecule has 0 amide bonds. The van der Waals surface area contributed by atoms with Crippen molar-refractivity contribution in [2.45, 2.75) is 29.8 Å². The van der Waals surface area contributed by atoms with Crippen LogP contribution in [-0.4, -0.2) is 45.6 Å². The van der Waals surface area contributed by atoms with Crippen molar-refractivity contribution in [3.8, 4) is 17.9 Å². The van der Waals surface area contributed by atoms with Crippen LogP contribution in [0.3, 0.4) is 0 Å².